The zero-order valence-electron chi connectivity index (χ0n) is 19.8. The van der Waals surface area contributed by atoms with Crippen LogP contribution in [0.15, 0.2) is 60.7 Å². The van der Waals surface area contributed by atoms with E-state index in [2.05, 4.69) is 0 Å². The number of hydrogen-bond acceptors (Lipinski definition) is 7. The number of hydrogen-bond donors (Lipinski definition) is 4. The zero-order valence-corrected chi connectivity index (χ0v) is 20.6. The fraction of sp³-hybridized carbons (Fsp3) is 0.357. The number of halogens is 2. The van der Waals surface area contributed by atoms with E-state index in [1.807, 2.05) is 30.3 Å². The Bertz CT molecular complexity index is 1240. The van der Waals surface area contributed by atoms with Gasteiger partial charge in [0.15, 0.2) is 11.6 Å². The first-order valence-corrected chi connectivity index (χ1v) is 12.5. The summed E-state index contributed by atoms with van der Waals surface area (Å²) in [7, 11) is 0. The molecule has 37 heavy (non-hydrogen) atoms. The number of fused-ring (bicyclic) bond motifs is 1. The Labute approximate surface area is 218 Å². The molecule has 7 nitrogen and oxygen atoms in total. The summed E-state index contributed by atoms with van der Waals surface area (Å²) >= 11 is 6.43. The molecule has 3 aromatic carbocycles. The number of para-hydroxylation sites is 1. The van der Waals surface area contributed by atoms with Crippen molar-refractivity contribution in [2.45, 2.75) is 49.5 Å². The fourth-order valence-corrected chi connectivity index (χ4v) is 4.97. The molecule has 0 amide bonds. The topological polar surface area (TPSA) is 109 Å². The van der Waals surface area contributed by atoms with E-state index in [9.17, 15) is 24.8 Å². The average molecular weight is 531 g/mol. The SMILES string of the molecule is OC[C@H]1OC(c2ccc(Cl)c(Cc3ccc(OCC4Cc5cccc(F)c5O4)cc3)c2)[C@H](O)[C@@H](O)[C@@H]1O. The third-order valence-electron chi connectivity index (χ3n) is 6.83. The summed E-state index contributed by atoms with van der Waals surface area (Å²) in [4.78, 5) is 0. The van der Waals surface area contributed by atoms with E-state index < -0.39 is 37.1 Å². The van der Waals surface area contributed by atoms with Crippen LogP contribution in [0.3, 0.4) is 0 Å². The molecule has 0 aliphatic carbocycles. The third kappa shape index (κ3) is 5.45. The highest BCUT2D eigenvalue weighted by Crippen LogP contribution is 2.35. The minimum absolute atomic E-state index is 0.254. The first-order chi connectivity index (χ1) is 17.8. The van der Waals surface area contributed by atoms with Gasteiger partial charge >= 0.3 is 0 Å². The van der Waals surface area contributed by atoms with Crippen LogP contribution >= 0.6 is 11.6 Å². The van der Waals surface area contributed by atoms with E-state index in [-0.39, 0.29) is 11.9 Å². The molecule has 2 unspecified atom stereocenters. The lowest BCUT2D eigenvalue weighted by molar-refractivity contribution is -0.231. The van der Waals surface area contributed by atoms with Crippen LogP contribution in [-0.2, 0) is 17.6 Å². The quantitative estimate of drug-likeness (QED) is 0.372. The molecule has 196 valence electrons. The summed E-state index contributed by atoms with van der Waals surface area (Å²) in [5.74, 6) is 0.595. The van der Waals surface area contributed by atoms with Gasteiger partial charge in [-0.05, 0) is 47.4 Å². The number of aliphatic hydroxyl groups is 4. The highest BCUT2D eigenvalue weighted by atomic mass is 35.5. The minimum atomic E-state index is -1.45. The second-order valence-corrected chi connectivity index (χ2v) is 9.81. The monoisotopic (exact) mass is 530 g/mol. The molecular formula is C28H28ClFO7. The van der Waals surface area contributed by atoms with Gasteiger partial charge in [0.1, 0.15) is 49.0 Å². The van der Waals surface area contributed by atoms with Gasteiger partial charge in [-0.3, -0.25) is 0 Å². The summed E-state index contributed by atoms with van der Waals surface area (Å²) in [6.07, 6.45) is -5.32. The molecule has 9 heteroatoms. The molecule has 2 heterocycles. The predicted octanol–water partition coefficient (Wildman–Crippen LogP) is 2.97. The zero-order chi connectivity index (χ0) is 26.1. The van der Waals surface area contributed by atoms with Crippen LogP contribution in [0.5, 0.6) is 11.5 Å². The van der Waals surface area contributed by atoms with E-state index >= 15 is 0 Å². The predicted molar refractivity (Wildman–Crippen MR) is 133 cm³/mol. The average Bonchev–Trinajstić information content (AvgIpc) is 3.33. The van der Waals surface area contributed by atoms with Crippen molar-refractivity contribution in [3.8, 4) is 11.5 Å². The lowest BCUT2D eigenvalue weighted by Crippen LogP contribution is -2.55. The molecule has 3 aromatic rings. The van der Waals surface area contributed by atoms with Crippen molar-refractivity contribution in [3.05, 3.63) is 93.8 Å². The molecule has 0 bridgehead atoms. The van der Waals surface area contributed by atoms with Crippen LogP contribution in [0.2, 0.25) is 5.02 Å². The maximum absolute atomic E-state index is 13.9. The summed E-state index contributed by atoms with van der Waals surface area (Å²) < 4.78 is 31.1. The molecule has 0 saturated carbocycles. The molecule has 5 rings (SSSR count). The molecule has 2 aliphatic heterocycles. The van der Waals surface area contributed by atoms with Crippen LogP contribution in [0.25, 0.3) is 0 Å². The van der Waals surface area contributed by atoms with Crippen LogP contribution in [-0.4, -0.2) is 64.2 Å². The lowest BCUT2D eigenvalue weighted by Gasteiger charge is -2.40. The van der Waals surface area contributed by atoms with Crippen molar-refractivity contribution in [1.82, 2.24) is 0 Å². The second kappa shape index (κ2) is 10.9. The van der Waals surface area contributed by atoms with Gasteiger partial charge in [-0.2, -0.15) is 0 Å². The smallest absolute Gasteiger partial charge is 0.165 e. The number of rotatable bonds is 7. The van der Waals surface area contributed by atoms with Crippen LogP contribution < -0.4 is 9.47 Å². The van der Waals surface area contributed by atoms with E-state index in [4.69, 9.17) is 25.8 Å². The molecule has 0 aromatic heterocycles. The van der Waals surface area contributed by atoms with Gasteiger partial charge in [-0.1, -0.05) is 48.0 Å². The van der Waals surface area contributed by atoms with Crippen molar-refractivity contribution in [2.24, 2.45) is 0 Å². The summed E-state index contributed by atoms with van der Waals surface area (Å²) in [6.45, 7) is -0.201. The Morgan fingerprint density at radius 2 is 1.76 bits per heavy atom. The number of aliphatic hydroxyl groups excluding tert-OH is 4. The first kappa shape index (κ1) is 25.9. The highest BCUT2D eigenvalue weighted by molar-refractivity contribution is 6.31. The van der Waals surface area contributed by atoms with Gasteiger partial charge in [0, 0.05) is 17.0 Å². The lowest BCUT2D eigenvalue weighted by atomic mass is 9.90. The minimum Gasteiger partial charge on any atom is -0.490 e. The Morgan fingerprint density at radius 1 is 0.973 bits per heavy atom. The molecule has 0 spiro atoms. The van der Waals surface area contributed by atoms with Crippen LogP contribution in [0, 0.1) is 5.82 Å². The van der Waals surface area contributed by atoms with Crippen LogP contribution in [0.4, 0.5) is 4.39 Å². The van der Waals surface area contributed by atoms with Crippen molar-refractivity contribution >= 4 is 11.6 Å². The van der Waals surface area contributed by atoms with Crippen molar-refractivity contribution < 1.29 is 39.0 Å². The van der Waals surface area contributed by atoms with Gasteiger partial charge < -0.3 is 34.6 Å². The maximum Gasteiger partial charge on any atom is 0.165 e. The van der Waals surface area contributed by atoms with Gasteiger partial charge in [-0.25, -0.2) is 4.39 Å². The van der Waals surface area contributed by atoms with E-state index in [0.29, 0.717) is 41.5 Å². The molecule has 1 fully saturated rings. The van der Waals surface area contributed by atoms with Crippen LogP contribution in [0.1, 0.15) is 28.4 Å². The Balaban J connectivity index is 1.22. The summed E-state index contributed by atoms with van der Waals surface area (Å²) in [5.41, 5.74) is 3.16. The standard InChI is InChI=1S/C28H28ClFO7/c29-21-9-6-17(28-26(34)25(33)24(32)23(13-31)37-28)11-18(21)10-15-4-7-19(8-5-15)35-14-20-12-16-2-1-3-22(30)27(16)36-20/h1-9,11,20,23-26,28,31-34H,10,12-14H2/t20?,23-,24-,25+,26-,28?/m1/s1. The fourth-order valence-electron chi connectivity index (χ4n) is 4.79. The molecule has 1 saturated heterocycles. The van der Waals surface area contributed by atoms with Gasteiger partial charge in [0.25, 0.3) is 0 Å². The molecule has 0 radical (unpaired) electrons. The van der Waals surface area contributed by atoms with Gasteiger partial charge in [0.2, 0.25) is 0 Å². The highest BCUT2D eigenvalue weighted by Gasteiger charge is 2.44. The summed E-state index contributed by atoms with van der Waals surface area (Å²) in [6, 6.07) is 17.6. The molecule has 4 N–H and O–H groups in total. The first-order valence-electron chi connectivity index (χ1n) is 12.1. The Morgan fingerprint density at radius 3 is 2.49 bits per heavy atom. The largest absolute Gasteiger partial charge is 0.490 e. The third-order valence-corrected chi connectivity index (χ3v) is 7.19. The maximum atomic E-state index is 13.9. The Hall–Kier alpha value is -2.72. The van der Waals surface area contributed by atoms with E-state index in [1.165, 1.54) is 6.07 Å². The van der Waals surface area contributed by atoms with E-state index in [0.717, 1.165) is 16.7 Å². The molecule has 2 aliphatic rings. The molecule has 6 atom stereocenters. The van der Waals surface area contributed by atoms with Crippen molar-refractivity contribution in [2.75, 3.05) is 13.2 Å². The Kier molecular flexibility index (Phi) is 7.67. The number of ether oxygens (including phenoxy) is 3. The van der Waals surface area contributed by atoms with Crippen molar-refractivity contribution in [3.63, 3.8) is 0 Å². The van der Waals surface area contributed by atoms with Crippen molar-refractivity contribution in [1.29, 1.82) is 0 Å². The van der Waals surface area contributed by atoms with Gasteiger partial charge in [0.05, 0.1) is 6.61 Å². The molecular weight excluding hydrogens is 503 g/mol. The normalized spacial score (nSPS) is 27.0. The van der Waals surface area contributed by atoms with Gasteiger partial charge in [-0.15, -0.1) is 0 Å². The number of benzene rings is 3. The second-order valence-electron chi connectivity index (χ2n) is 9.40. The summed E-state index contributed by atoms with van der Waals surface area (Å²) in [5, 5.41) is 40.6. The van der Waals surface area contributed by atoms with E-state index in [1.54, 1.807) is 24.3 Å².